The van der Waals surface area contributed by atoms with Crippen LogP contribution in [0.4, 0.5) is 5.00 Å². The van der Waals surface area contributed by atoms with Gasteiger partial charge < -0.3 is 14.8 Å². The number of nitrogens with one attached hydrogen (secondary N) is 1. The molecule has 7 nitrogen and oxygen atoms in total. The van der Waals surface area contributed by atoms with Gasteiger partial charge in [-0.25, -0.2) is 14.6 Å². The van der Waals surface area contributed by atoms with E-state index in [0.29, 0.717) is 22.9 Å². The third-order valence-corrected chi connectivity index (χ3v) is 4.38. The third kappa shape index (κ3) is 5.89. The summed E-state index contributed by atoms with van der Waals surface area (Å²) >= 11 is 1.25. The van der Waals surface area contributed by atoms with Crippen LogP contribution < -0.4 is 5.32 Å². The zero-order chi connectivity index (χ0) is 19.8. The molecule has 8 heteroatoms. The fraction of sp³-hybridized carbons (Fsp3) is 0.368. The molecule has 2 heterocycles. The normalized spacial score (nSPS) is 10.5. The number of ether oxygens (including phenoxy) is 2. The maximum absolute atomic E-state index is 12.3. The van der Waals surface area contributed by atoms with Crippen LogP contribution in [0, 0.1) is 5.92 Å². The van der Waals surface area contributed by atoms with Gasteiger partial charge in [0.25, 0.3) is 5.91 Å². The van der Waals surface area contributed by atoms with Crippen molar-refractivity contribution in [3.05, 3.63) is 46.6 Å². The first-order valence-corrected chi connectivity index (χ1v) is 9.45. The summed E-state index contributed by atoms with van der Waals surface area (Å²) in [7, 11) is 0. The Morgan fingerprint density at radius 3 is 2.59 bits per heavy atom. The number of pyridine rings is 1. The number of hydrogen-bond donors (Lipinski definition) is 1. The highest BCUT2D eigenvalue weighted by Gasteiger charge is 2.22. The number of esters is 2. The van der Waals surface area contributed by atoms with E-state index in [1.807, 2.05) is 19.2 Å². The van der Waals surface area contributed by atoms with E-state index in [0.717, 1.165) is 5.56 Å². The molecule has 0 aliphatic heterocycles. The van der Waals surface area contributed by atoms with E-state index >= 15 is 0 Å². The van der Waals surface area contributed by atoms with Gasteiger partial charge in [0, 0.05) is 6.20 Å². The molecule has 2 rings (SSSR count). The lowest BCUT2D eigenvalue weighted by Gasteiger charge is -2.10. The van der Waals surface area contributed by atoms with Crippen LogP contribution in [0.1, 0.15) is 47.2 Å². The zero-order valence-corrected chi connectivity index (χ0v) is 16.3. The van der Waals surface area contributed by atoms with Gasteiger partial charge in [0.2, 0.25) is 0 Å². The molecule has 1 N–H and O–H groups in total. The smallest absolute Gasteiger partial charge is 0.357 e. The molecule has 0 aromatic carbocycles. The minimum atomic E-state index is -0.692. The summed E-state index contributed by atoms with van der Waals surface area (Å²) in [5, 5.41) is 4.86. The predicted octanol–water partition coefficient (Wildman–Crippen LogP) is 3.31. The fourth-order valence-electron chi connectivity index (χ4n) is 2.35. The summed E-state index contributed by atoms with van der Waals surface area (Å²) in [6.45, 7) is 5.57. The van der Waals surface area contributed by atoms with Crippen LogP contribution in [0.25, 0.3) is 0 Å². The molecular formula is C19H22N2O5S. The van der Waals surface area contributed by atoms with Crippen molar-refractivity contribution in [3.8, 4) is 0 Å². The number of aromatic nitrogens is 1. The lowest BCUT2D eigenvalue weighted by Crippen LogP contribution is -2.22. The lowest BCUT2D eigenvalue weighted by molar-refractivity contribution is -0.119. The average Bonchev–Trinajstić information content (AvgIpc) is 3.02. The third-order valence-electron chi connectivity index (χ3n) is 3.44. The number of thiophene rings is 1. The topological polar surface area (TPSA) is 94.6 Å². The Morgan fingerprint density at radius 1 is 1.19 bits per heavy atom. The summed E-state index contributed by atoms with van der Waals surface area (Å²) in [4.78, 5) is 40.2. The molecule has 144 valence electrons. The number of carbonyl (C=O) groups is 3. The van der Waals surface area contributed by atoms with Crippen molar-refractivity contribution >= 4 is 34.2 Å². The van der Waals surface area contributed by atoms with E-state index < -0.39 is 24.5 Å². The Bertz CT molecular complexity index is 802. The van der Waals surface area contributed by atoms with E-state index in [1.54, 1.807) is 19.1 Å². The minimum absolute atomic E-state index is 0.118. The molecule has 0 fully saturated rings. The van der Waals surface area contributed by atoms with Gasteiger partial charge in [-0.05, 0) is 42.3 Å². The Balaban J connectivity index is 2.05. The SMILES string of the molecule is CCOC(=O)c1c(CC(C)C)csc1NC(=O)COC(=O)c1ccccn1. The second-order valence-corrected chi connectivity index (χ2v) is 7.00. The van der Waals surface area contributed by atoms with Crippen molar-refractivity contribution in [1.29, 1.82) is 0 Å². The summed E-state index contributed by atoms with van der Waals surface area (Å²) < 4.78 is 10.1. The van der Waals surface area contributed by atoms with Crippen molar-refractivity contribution in [1.82, 2.24) is 4.98 Å². The second kappa shape index (κ2) is 9.82. The molecule has 0 aliphatic rings. The highest BCUT2D eigenvalue weighted by atomic mass is 32.1. The molecule has 0 atom stereocenters. The van der Waals surface area contributed by atoms with Gasteiger partial charge in [0.1, 0.15) is 10.7 Å². The average molecular weight is 390 g/mol. The summed E-state index contributed by atoms with van der Waals surface area (Å²) in [5.41, 5.74) is 1.31. The Labute approximate surface area is 161 Å². The van der Waals surface area contributed by atoms with E-state index in [4.69, 9.17) is 9.47 Å². The largest absolute Gasteiger partial charge is 0.462 e. The van der Waals surface area contributed by atoms with Crippen molar-refractivity contribution < 1.29 is 23.9 Å². The van der Waals surface area contributed by atoms with Crippen LogP contribution in [-0.4, -0.2) is 36.0 Å². The summed E-state index contributed by atoms with van der Waals surface area (Å²) in [5.74, 6) is -1.36. The zero-order valence-electron chi connectivity index (χ0n) is 15.5. The molecule has 0 spiro atoms. The Kier molecular flexibility index (Phi) is 7.48. The first-order valence-electron chi connectivity index (χ1n) is 8.57. The van der Waals surface area contributed by atoms with E-state index in [-0.39, 0.29) is 12.3 Å². The molecule has 0 saturated carbocycles. The van der Waals surface area contributed by atoms with Crippen LogP contribution in [0.2, 0.25) is 0 Å². The van der Waals surface area contributed by atoms with Crippen molar-refractivity contribution in [3.63, 3.8) is 0 Å². The first kappa shape index (κ1) is 20.6. The van der Waals surface area contributed by atoms with E-state index in [2.05, 4.69) is 10.3 Å². The van der Waals surface area contributed by atoms with Gasteiger partial charge in [0.05, 0.1) is 12.2 Å². The van der Waals surface area contributed by atoms with Crippen LogP contribution in [0.15, 0.2) is 29.8 Å². The molecule has 1 amide bonds. The number of rotatable bonds is 8. The molecule has 0 radical (unpaired) electrons. The highest BCUT2D eigenvalue weighted by Crippen LogP contribution is 2.30. The molecule has 2 aromatic heterocycles. The van der Waals surface area contributed by atoms with Crippen LogP contribution >= 0.6 is 11.3 Å². The molecule has 0 unspecified atom stereocenters. The first-order chi connectivity index (χ1) is 12.9. The van der Waals surface area contributed by atoms with Gasteiger partial charge in [0.15, 0.2) is 6.61 Å². The summed E-state index contributed by atoms with van der Waals surface area (Å²) in [6, 6.07) is 4.82. The van der Waals surface area contributed by atoms with Crippen LogP contribution in [0.5, 0.6) is 0 Å². The fourth-order valence-corrected chi connectivity index (χ4v) is 3.33. The van der Waals surface area contributed by atoms with Gasteiger partial charge in [-0.2, -0.15) is 0 Å². The van der Waals surface area contributed by atoms with Crippen LogP contribution in [0.3, 0.4) is 0 Å². The van der Waals surface area contributed by atoms with Gasteiger partial charge >= 0.3 is 11.9 Å². The highest BCUT2D eigenvalue weighted by molar-refractivity contribution is 7.15. The number of nitrogens with zero attached hydrogens (tertiary/aromatic N) is 1. The minimum Gasteiger partial charge on any atom is -0.462 e. The second-order valence-electron chi connectivity index (χ2n) is 6.12. The Hall–Kier alpha value is -2.74. The summed E-state index contributed by atoms with van der Waals surface area (Å²) in [6.07, 6.45) is 2.15. The van der Waals surface area contributed by atoms with E-state index in [9.17, 15) is 14.4 Å². The maximum atomic E-state index is 12.3. The quantitative estimate of drug-likeness (QED) is 0.695. The van der Waals surface area contributed by atoms with Crippen molar-refractivity contribution in [2.45, 2.75) is 27.2 Å². The van der Waals surface area contributed by atoms with Gasteiger partial charge in [-0.3, -0.25) is 4.79 Å². The monoisotopic (exact) mass is 390 g/mol. The molecule has 27 heavy (non-hydrogen) atoms. The molecule has 0 bridgehead atoms. The number of carbonyl (C=O) groups excluding carboxylic acids is 3. The molecule has 2 aromatic rings. The molecule has 0 aliphatic carbocycles. The van der Waals surface area contributed by atoms with Crippen molar-refractivity contribution in [2.24, 2.45) is 5.92 Å². The molecule has 0 saturated heterocycles. The maximum Gasteiger partial charge on any atom is 0.357 e. The molecular weight excluding hydrogens is 368 g/mol. The van der Waals surface area contributed by atoms with Crippen LogP contribution in [-0.2, 0) is 20.7 Å². The lowest BCUT2D eigenvalue weighted by atomic mass is 10.0. The number of hydrogen-bond acceptors (Lipinski definition) is 7. The number of anilines is 1. The van der Waals surface area contributed by atoms with Crippen molar-refractivity contribution in [2.75, 3.05) is 18.5 Å². The van der Waals surface area contributed by atoms with Gasteiger partial charge in [-0.15, -0.1) is 11.3 Å². The standard InChI is InChI=1S/C19H22N2O5S/c1-4-25-19(24)16-13(9-12(2)3)11-27-17(16)21-15(22)10-26-18(23)14-7-5-6-8-20-14/h5-8,11-12H,4,9-10H2,1-3H3,(H,21,22). The predicted molar refractivity (Wildman–Crippen MR) is 102 cm³/mol. The Morgan fingerprint density at radius 2 is 1.96 bits per heavy atom. The van der Waals surface area contributed by atoms with Gasteiger partial charge in [-0.1, -0.05) is 19.9 Å². The number of amides is 1. The van der Waals surface area contributed by atoms with E-state index in [1.165, 1.54) is 23.6 Å².